The van der Waals surface area contributed by atoms with Crippen molar-refractivity contribution in [2.45, 2.75) is 19.4 Å². The predicted molar refractivity (Wildman–Crippen MR) is 69.0 cm³/mol. The molecule has 19 heavy (non-hydrogen) atoms. The second-order valence-electron chi connectivity index (χ2n) is 4.08. The van der Waals surface area contributed by atoms with Crippen LogP contribution in [0.2, 0.25) is 0 Å². The molecule has 2 aromatic rings. The van der Waals surface area contributed by atoms with Gasteiger partial charge in [0.2, 0.25) is 0 Å². The lowest BCUT2D eigenvalue weighted by Gasteiger charge is -2.14. The maximum absolute atomic E-state index is 11.6. The first-order valence-electron chi connectivity index (χ1n) is 6.04. The third kappa shape index (κ3) is 2.71. The van der Waals surface area contributed by atoms with Crippen molar-refractivity contribution in [3.63, 3.8) is 0 Å². The second-order valence-corrected chi connectivity index (χ2v) is 4.08. The molecule has 0 fully saturated rings. The standard InChI is InChI=1S/C14H16O5/c1-3-18-12(14(16)17-2)8-9-4-5-11(15)10-6-7-19-13(9)10/h4-7,12,15H,3,8H2,1-2H3. The van der Waals surface area contributed by atoms with E-state index in [1.54, 1.807) is 18.2 Å². The summed E-state index contributed by atoms with van der Waals surface area (Å²) in [6, 6.07) is 4.98. The molecule has 0 saturated heterocycles. The molecule has 102 valence electrons. The van der Waals surface area contributed by atoms with Gasteiger partial charge in [0, 0.05) is 13.0 Å². The van der Waals surface area contributed by atoms with Gasteiger partial charge >= 0.3 is 5.97 Å². The van der Waals surface area contributed by atoms with Crippen molar-refractivity contribution in [3.05, 3.63) is 30.0 Å². The zero-order chi connectivity index (χ0) is 13.8. The molecule has 0 aliphatic heterocycles. The average molecular weight is 264 g/mol. The molecule has 5 heteroatoms. The quantitative estimate of drug-likeness (QED) is 0.839. The predicted octanol–water partition coefficient (Wildman–Crippen LogP) is 2.26. The van der Waals surface area contributed by atoms with Crippen molar-refractivity contribution < 1.29 is 23.8 Å². The Morgan fingerprint density at radius 3 is 2.89 bits per heavy atom. The van der Waals surface area contributed by atoms with Gasteiger partial charge in [0.15, 0.2) is 6.10 Å². The fraction of sp³-hybridized carbons (Fsp3) is 0.357. The van der Waals surface area contributed by atoms with E-state index in [-0.39, 0.29) is 5.75 Å². The van der Waals surface area contributed by atoms with Crippen LogP contribution in [-0.2, 0) is 20.7 Å². The van der Waals surface area contributed by atoms with Crippen LogP contribution in [0.4, 0.5) is 0 Å². The molecule has 1 unspecified atom stereocenters. The van der Waals surface area contributed by atoms with E-state index < -0.39 is 12.1 Å². The van der Waals surface area contributed by atoms with Crippen LogP contribution in [0.3, 0.4) is 0 Å². The number of carbonyl (C=O) groups is 1. The van der Waals surface area contributed by atoms with Crippen LogP contribution in [0.1, 0.15) is 12.5 Å². The van der Waals surface area contributed by atoms with E-state index in [4.69, 9.17) is 13.9 Å². The Kier molecular flexibility index (Phi) is 4.06. The lowest BCUT2D eigenvalue weighted by molar-refractivity contribution is -0.153. The van der Waals surface area contributed by atoms with Gasteiger partial charge in [-0.15, -0.1) is 0 Å². The highest BCUT2D eigenvalue weighted by Crippen LogP contribution is 2.29. The van der Waals surface area contributed by atoms with Crippen LogP contribution >= 0.6 is 0 Å². The van der Waals surface area contributed by atoms with Gasteiger partial charge in [-0.25, -0.2) is 4.79 Å². The molecular formula is C14H16O5. The van der Waals surface area contributed by atoms with Crippen molar-refractivity contribution >= 4 is 16.9 Å². The number of hydrogen-bond donors (Lipinski definition) is 1. The molecule has 2 rings (SSSR count). The number of benzene rings is 1. The van der Waals surface area contributed by atoms with Gasteiger partial charge in [-0.3, -0.25) is 0 Å². The summed E-state index contributed by atoms with van der Waals surface area (Å²) in [7, 11) is 1.33. The number of ether oxygens (including phenoxy) is 2. The topological polar surface area (TPSA) is 68.9 Å². The van der Waals surface area contributed by atoms with E-state index in [0.717, 1.165) is 5.56 Å². The van der Waals surface area contributed by atoms with Gasteiger partial charge in [0.25, 0.3) is 0 Å². The molecule has 0 saturated carbocycles. The molecule has 1 aromatic carbocycles. The number of aromatic hydroxyl groups is 1. The number of esters is 1. The molecular weight excluding hydrogens is 248 g/mol. The summed E-state index contributed by atoms with van der Waals surface area (Å²) >= 11 is 0. The Hall–Kier alpha value is -2.01. The molecule has 0 aliphatic carbocycles. The lowest BCUT2D eigenvalue weighted by atomic mass is 10.0. The number of furan rings is 1. The fourth-order valence-corrected chi connectivity index (χ4v) is 2.01. The zero-order valence-corrected chi connectivity index (χ0v) is 10.9. The molecule has 5 nitrogen and oxygen atoms in total. The first-order chi connectivity index (χ1) is 9.17. The van der Waals surface area contributed by atoms with Gasteiger partial charge in [-0.05, 0) is 24.6 Å². The minimum absolute atomic E-state index is 0.151. The summed E-state index contributed by atoms with van der Waals surface area (Å²) < 4.78 is 15.4. The second kappa shape index (κ2) is 5.75. The van der Waals surface area contributed by atoms with Crippen LogP contribution in [0.5, 0.6) is 5.75 Å². The number of rotatable bonds is 5. The minimum Gasteiger partial charge on any atom is -0.507 e. The average Bonchev–Trinajstić information content (AvgIpc) is 2.90. The summed E-state index contributed by atoms with van der Waals surface area (Å²) in [4.78, 5) is 11.6. The molecule has 1 aromatic heterocycles. The van der Waals surface area contributed by atoms with Crippen molar-refractivity contribution in [1.29, 1.82) is 0 Å². The lowest BCUT2D eigenvalue weighted by Crippen LogP contribution is -2.28. The SMILES string of the molecule is CCOC(Cc1ccc(O)c2ccoc12)C(=O)OC. The van der Waals surface area contributed by atoms with Crippen molar-refractivity contribution in [3.8, 4) is 5.75 Å². The first kappa shape index (κ1) is 13.4. The van der Waals surface area contributed by atoms with Gasteiger partial charge in [0.1, 0.15) is 11.3 Å². The number of carbonyl (C=O) groups excluding carboxylic acids is 1. The number of fused-ring (bicyclic) bond motifs is 1. The monoisotopic (exact) mass is 264 g/mol. The molecule has 1 heterocycles. The minimum atomic E-state index is -0.673. The van der Waals surface area contributed by atoms with Gasteiger partial charge in [-0.1, -0.05) is 6.07 Å². The summed E-state index contributed by atoms with van der Waals surface area (Å²) in [6.45, 7) is 2.23. The van der Waals surface area contributed by atoms with Crippen LogP contribution in [0, 0.1) is 0 Å². The maximum atomic E-state index is 11.6. The van der Waals surface area contributed by atoms with Gasteiger partial charge < -0.3 is 19.0 Å². The Morgan fingerprint density at radius 2 is 2.21 bits per heavy atom. The first-order valence-corrected chi connectivity index (χ1v) is 6.04. The van der Waals surface area contributed by atoms with Crippen LogP contribution in [0.15, 0.2) is 28.9 Å². The van der Waals surface area contributed by atoms with Crippen molar-refractivity contribution in [2.24, 2.45) is 0 Å². The van der Waals surface area contributed by atoms with Crippen LogP contribution in [-0.4, -0.2) is 30.9 Å². The van der Waals surface area contributed by atoms with E-state index in [0.29, 0.717) is 24.0 Å². The Balaban J connectivity index is 2.31. The molecule has 0 radical (unpaired) electrons. The van der Waals surface area contributed by atoms with Crippen molar-refractivity contribution in [2.75, 3.05) is 13.7 Å². The fourth-order valence-electron chi connectivity index (χ4n) is 2.01. The Labute approximate surface area is 110 Å². The van der Waals surface area contributed by atoms with E-state index in [2.05, 4.69) is 0 Å². The van der Waals surface area contributed by atoms with Crippen molar-refractivity contribution in [1.82, 2.24) is 0 Å². The maximum Gasteiger partial charge on any atom is 0.335 e. The van der Waals surface area contributed by atoms with Crippen LogP contribution in [0.25, 0.3) is 11.0 Å². The molecule has 0 spiro atoms. The van der Waals surface area contributed by atoms with E-state index in [9.17, 15) is 9.90 Å². The molecule has 0 amide bonds. The molecule has 0 bridgehead atoms. The number of phenolic OH excluding ortho intramolecular Hbond substituents is 1. The highest BCUT2D eigenvalue weighted by molar-refractivity contribution is 5.87. The number of methoxy groups -OCH3 is 1. The van der Waals surface area contributed by atoms with E-state index >= 15 is 0 Å². The highest BCUT2D eigenvalue weighted by atomic mass is 16.6. The molecule has 1 atom stereocenters. The summed E-state index contributed by atoms with van der Waals surface area (Å²) in [5.41, 5.74) is 1.36. The van der Waals surface area contributed by atoms with Gasteiger partial charge in [0.05, 0.1) is 18.8 Å². The summed E-state index contributed by atoms with van der Waals surface area (Å²) in [6.07, 6.45) is 1.17. The largest absolute Gasteiger partial charge is 0.507 e. The van der Waals surface area contributed by atoms with E-state index in [1.807, 2.05) is 6.92 Å². The Morgan fingerprint density at radius 1 is 1.42 bits per heavy atom. The number of hydrogen-bond acceptors (Lipinski definition) is 5. The van der Waals surface area contributed by atoms with E-state index in [1.165, 1.54) is 13.4 Å². The Bertz CT molecular complexity index is 572. The zero-order valence-electron chi connectivity index (χ0n) is 10.9. The molecule has 0 aliphatic rings. The third-order valence-corrected chi connectivity index (χ3v) is 2.91. The summed E-state index contributed by atoms with van der Waals surface area (Å²) in [5.74, 6) is -0.270. The third-order valence-electron chi connectivity index (χ3n) is 2.91. The van der Waals surface area contributed by atoms with Gasteiger partial charge in [-0.2, -0.15) is 0 Å². The normalized spacial score (nSPS) is 12.5. The molecule has 1 N–H and O–H groups in total. The smallest absolute Gasteiger partial charge is 0.335 e. The van der Waals surface area contributed by atoms with Crippen LogP contribution < -0.4 is 0 Å². The highest BCUT2D eigenvalue weighted by Gasteiger charge is 2.22. The number of phenols is 1. The summed E-state index contributed by atoms with van der Waals surface area (Å²) in [5, 5.41) is 10.3.